The highest BCUT2D eigenvalue weighted by Crippen LogP contribution is 2.26. The molecule has 2 aromatic heterocycles. The highest BCUT2D eigenvalue weighted by molar-refractivity contribution is 7.12. The number of fused-ring (bicyclic) bond motifs is 1. The molecular formula is C19H21N3O3S. The number of carbonyl (C=O) groups is 2. The molecule has 0 spiro atoms. The quantitative estimate of drug-likeness (QED) is 0.814. The minimum Gasteiger partial charge on any atom is -0.476 e. The maximum absolute atomic E-state index is 13.3. The summed E-state index contributed by atoms with van der Waals surface area (Å²) in [6.45, 7) is 2.03. The number of thiophene rings is 1. The van der Waals surface area contributed by atoms with Crippen LogP contribution in [0.5, 0.6) is 5.88 Å². The van der Waals surface area contributed by atoms with Crippen LogP contribution in [0, 0.1) is 0 Å². The molecule has 1 saturated heterocycles. The van der Waals surface area contributed by atoms with Gasteiger partial charge in [0.05, 0.1) is 18.0 Å². The summed E-state index contributed by atoms with van der Waals surface area (Å²) in [5, 5.41) is 1.89. The second-order valence-corrected chi connectivity index (χ2v) is 7.51. The number of hydrogen-bond donors (Lipinski definition) is 0. The number of pyridine rings is 1. The van der Waals surface area contributed by atoms with Crippen LogP contribution in [0.4, 0.5) is 0 Å². The predicted octanol–water partition coefficient (Wildman–Crippen LogP) is 2.56. The van der Waals surface area contributed by atoms with Gasteiger partial charge in [-0.1, -0.05) is 12.1 Å². The van der Waals surface area contributed by atoms with Gasteiger partial charge in [-0.05, 0) is 36.8 Å². The Hall–Kier alpha value is -2.41. The third-order valence-corrected chi connectivity index (χ3v) is 5.76. The van der Waals surface area contributed by atoms with Gasteiger partial charge in [0.2, 0.25) is 11.8 Å². The molecular weight excluding hydrogens is 350 g/mol. The molecule has 4 rings (SSSR count). The SMILES string of the molecule is O=C(C1CCCCN1C(=O)c1cccs1)N1CCOc2ncccc2C1. The second-order valence-electron chi connectivity index (χ2n) is 6.56. The molecule has 2 aliphatic heterocycles. The standard InChI is InChI=1S/C19H21N3O3S/c23-18(21-10-11-25-17-14(13-21)5-3-8-20-17)15-6-1-2-9-22(15)19(24)16-7-4-12-26-16/h3-5,7-8,12,15H,1-2,6,9-11,13H2. The Labute approximate surface area is 156 Å². The summed E-state index contributed by atoms with van der Waals surface area (Å²) in [4.78, 5) is 34.6. The van der Waals surface area contributed by atoms with Crippen LogP contribution in [0.2, 0.25) is 0 Å². The van der Waals surface area contributed by atoms with Gasteiger partial charge in [-0.25, -0.2) is 4.98 Å². The fourth-order valence-corrected chi connectivity index (χ4v) is 4.26. The fraction of sp³-hybridized carbons (Fsp3) is 0.421. The Morgan fingerprint density at radius 3 is 2.96 bits per heavy atom. The molecule has 6 nitrogen and oxygen atoms in total. The van der Waals surface area contributed by atoms with E-state index in [2.05, 4.69) is 4.98 Å². The number of aromatic nitrogens is 1. The van der Waals surface area contributed by atoms with Crippen molar-refractivity contribution in [3.63, 3.8) is 0 Å². The zero-order valence-electron chi connectivity index (χ0n) is 14.5. The van der Waals surface area contributed by atoms with Crippen LogP contribution >= 0.6 is 11.3 Å². The molecule has 7 heteroatoms. The number of rotatable bonds is 2. The van der Waals surface area contributed by atoms with E-state index in [4.69, 9.17) is 4.74 Å². The lowest BCUT2D eigenvalue weighted by atomic mass is 10.00. The Morgan fingerprint density at radius 2 is 2.12 bits per heavy atom. The zero-order chi connectivity index (χ0) is 17.9. The topological polar surface area (TPSA) is 62.7 Å². The predicted molar refractivity (Wildman–Crippen MR) is 98.1 cm³/mol. The van der Waals surface area contributed by atoms with Gasteiger partial charge in [-0.2, -0.15) is 0 Å². The largest absolute Gasteiger partial charge is 0.476 e. The number of likely N-dealkylation sites (tertiary alicyclic amines) is 1. The van der Waals surface area contributed by atoms with Crippen molar-refractivity contribution in [3.05, 3.63) is 46.3 Å². The highest BCUT2D eigenvalue weighted by Gasteiger charge is 2.36. The van der Waals surface area contributed by atoms with Crippen molar-refractivity contribution in [1.29, 1.82) is 0 Å². The molecule has 1 unspecified atom stereocenters. The van der Waals surface area contributed by atoms with Gasteiger partial charge in [-0.15, -0.1) is 11.3 Å². The number of nitrogens with zero attached hydrogens (tertiary/aromatic N) is 3. The van der Waals surface area contributed by atoms with E-state index in [1.54, 1.807) is 16.0 Å². The van der Waals surface area contributed by atoms with Gasteiger partial charge in [0, 0.05) is 18.3 Å². The first kappa shape index (κ1) is 17.0. The number of carbonyl (C=O) groups excluding carboxylic acids is 2. The lowest BCUT2D eigenvalue weighted by Crippen LogP contribution is -2.53. The van der Waals surface area contributed by atoms with Crippen LogP contribution in [-0.2, 0) is 11.3 Å². The van der Waals surface area contributed by atoms with Crippen LogP contribution in [-0.4, -0.2) is 52.3 Å². The van der Waals surface area contributed by atoms with Crippen molar-refractivity contribution >= 4 is 23.2 Å². The molecule has 1 atom stereocenters. The van der Waals surface area contributed by atoms with Gasteiger partial charge in [-0.3, -0.25) is 9.59 Å². The van der Waals surface area contributed by atoms with Crippen LogP contribution in [0.15, 0.2) is 35.8 Å². The third-order valence-electron chi connectivity index (χ3n) is 4.90. The lowest BCUT2D eigenvalue weighted by Gasteiger charge is -2.37. The smallest absolute Gasteiger partial charge is 0.264 e. The average molecular weight is 371 g/mol. The molecule has 0 saturated carbocycles. The Kier molecular flexibility index (Phi) is 4.88. The van der Waals surface area contributed by atoms with E-state index >= 15 is 0 Å². The number of ether oxygens (including phenoxy) is 1. The summed E-state index contributed by atoms with van der Waals surface area (Å²) in [6, 6.07) is 7.09. The van der Waals surface area contributed by atoms with Crippen molar-refractivity contribution in [2.45, 2.75) is 31.8 Å². The van der Waals surface area contributed by atoms with Gasteiger partial charge in [0.15, 0.2) is 0 Å². The molecule has 0 aromatic carbocycles. The Balaban J connectivity index is 1.54. The van der Waals surface area contributed by atoms with Crippen molar-refractivity contribution in [2.24, 2.45) is 0 Å². The van der Waals surface area contributed by atoms with Crippen molar-refractivity contribution in [2.75, 3.05) is 19.7 Å². The lowest BCUT2D eigenvalue weighted by molar-refractivity contribution is -0.138. The van der Waals surface area contributed by atoms with E-state index < -0.39 is 6.04 Å². The molecule has 136 valence electrons. The minimum absolute atomic E-state index is 0.00918. The van der Waals surface area contributed by atoms with E-state index in [0.29, 0.717) is 43.4 Å². The summed E-state index contributed by atoms with van der Waals surface area (Å²) < 4.78 is 5.67. The summed E-state index contributed by atoms with van der Waals surface area (Å²) in [5.74, 6) is 0.569. The van der Waals surface area contributed by atoms with E-state index in [1.807, 2.05) is 29.6 Å². The highest BCUT2D eigenvalue weighted by atomic mass is 32.1. The van der Waals surface area contributed by atoms with Gasteiger partial charge in [0.1, 0.15) is 12.6 Å². The summed E-state index contributed by atoms with van der Waals surface area (Å²) in [6.07, 6.45) is 4.32. The van der Waals surface area contributed by atoms with E-state index in [-0.39, 0.29) is 11.8 Å². The minimum atomic E-state index is -0.392. The van der Waals surface area contributed by atoms with E-state index in [1.165, 1.54) is 11.3 Å². The average Bonchev–Trinajstić information content (AvgIpc) is 3.13. The molecule has 0 aliphatic carbocycles. The van der Waals surface area contributed by atoms with Gasteiger partial charge < -0.3 is 14.5 Å². The molecule has 2 aliphatic rings. The second kappa shape index (κ2) is 7.45. The van der Waals surface area contributed by atoms with E-state index in [9.17, 15) is 9.59 Å². The first-order valence-corrected chi connectivity index (χ1v) is 9.82. The van der Waals surface area contributed by atoms with Crippen LogP contribution in [0.25, 0.3) is 0 Å². The zero-order valence-corrected chi connectivity index (χ0v) is 15.3. The molecule has 2 amide bonds. The van der Waals surface area contributed by atoms with Gasteiger partial charge >= 0.3 is 0 Å². The summed E-state index contributed by atoms with van der Waals surface area (Å²) in [7, 11) is 0. The molecule has 1 fully saturated rings. The Morgan fingerprint density at radius 1 is 1.19 bits per heavy atom. The molecule has 0 bridgehead atoms. The number of piperidine rings is 1. The fourth-order valence-electron chi connectivity index (χ4n) is 3.58. The Bertz CT molecular complexity index is 793. The van der Waals surface area contributed by atoms with Gasteiger partial charge in [0.25, 0.3) is 5.91 Å². The molecule has 0 N–H and O–H groups in total. The first-order valence-electron chi connectivity index (χ1n) is 8.94. The molecule has 0 radical (unpaired) electrons. The van der Waals surface area contributed by atoms with Crippen LogP contribution in [0.3, 0.4) is 0 Å². The van der Waals surface area contributed by atoms with Crippen LogP contribution in [0.1, 0.15) is 34.5 Å². The first-order chi connectivity index (χ1) is 12.7. The third kappa shape index (κ3) is 3.31. The summed E-state index contributed by atoms with van der Waals surface area (Å²) in [5.41, 5.74) is 0.908. The normalized spacial score (nSPS) is 20.1. The number of hydrogen-bond acceptors (Lipinski definition) is 5. The molecule has 2 aromatic rings. The van der Waals surface area contributed by atoms with Crippen molar-refractivity contribution in [1.82, 2.24) is 14.8 Å². The molecule has 4 heterocycles. The molecule has 26 heavy (non-hydrogen) atoms. The van der Waals surface area contributed by atoms with E-state index in [0.717, 1.165) is 18.4 Å². The monoisotopic (exact) mass is 371 g/mol. The summed E-state index contributed by atoms with van der Waals surface area (Å²) >= 11 is 1.42. The van der Waals surface area contributed by atoms with Crippen LogP contribution < -0.4 is 4.74 Å². The number of amides is 2. The van der Waals surface area contributed by atoms with Crippen molar-refractivity contribution in [3.8, 4) is 5.88 Å². The maximum Gasteiger partial charge on any atom is 0.264 e. The maximum atomic E-state index is 13.3. The van der Waals surface area contributed by atoms with Crippen molar-refractivity contribution < 1.29 is 14.3 Å².